The van der Waals surface area contributed by atoms with Gasteiger partial charge in [-0.2, -0.15) is 0 Å². The van der Waals surface area contributed by atoms with Gasteiger partial charge < -0.3 is 10.0 Å². The zero-order valence-electron chi connectivity index (χ0n) is 8.64. The number of nitrogens with zero attached hydrogens (tertiary/aromatic N) is 1. The Labute approximate surface area is 92.1 Å². The minimum Gasteiger partial charge on any atom is -0.474 e. The highest BCUT2D eigenvalue weighted by Crippen LogP contribution is 2.13. The average molecular weight is 227 g/mol. The first kappa shape index (κ1) is 11.7. The lowest BCUT2D eigenvalue weighted by molar-refractivity contribution is -0.156. The van der Waals surface area contributed by atoms with Crippen molar-refractivity contribution in [2.75, 3.05) is 7.05 Å². The summed E-state index contributed by atoms with van der Waals surface area (Å²) in [6.45, 7) is 1.83. The van der Waals surface area contributed by atoms with Crippen molar-refractivity contribution in [1.82, 2.24) is 4.90 Å². The minimum absolute atomic E-state index is 0.104. The van der Waals surface area contributed by atoms with Gasteiger partial charge in [0.25, 0.3) is 0 Å². The lowest BCUT2D eigenvalue weighted by Crippen LogP contribution is -2.40. The van der Waals surface area contributed by atoms with Crippen molar-refractivity contribution in [3.63, 3.8) is 0 Å². The molecule has 5 heteroatoms. The van der Waals surface area contributed by atoms with Gasteiger partial charge in [0.15, 0.2) is 0 Å². The Kier molecular flexibility index (Phi) is 3.85. The van der Waals surface area contributed by atoms with E-state index in [9.17, 15) is 9.59 Å². The number of carboxylic acid groups (broad SMARTS) is 1. The summed E-state index contributed by atoms with van der Waals surface area (Å²) in [6, 6.07) is 3.80. The molecule has 0 radical (unpaired) electrons. The maximum absolute atomic E-state index is 11.1. The number of carbonyl (C=O) groups is 2. The molecular formula is C10H13NO3S. The predicted molar refractivity (Wildman–Crippen MR) is 57.9 cm³/mol. The monoisotopic (exact) mass is 227 g/mol. The van der Waals surface area contributed by atoms with E-state index in [0.29, 0.717) is 6.42 Å². The summed E-state index contributed by atoms with van der Waals surface area (Å²) in [5, 5.41) is 10.5. The number of rotatable bonds is 3. The van der Waals surface area contributed by atoms with Crippen molar-refractivity contribution in [3.8, 4) is 0 Å². The third-order valence-electron chi connectivity index (χ3n) is 2.24. The van der Waals surface area contributed by atoms with Crippen LogP contribution in [0.15, 0.2) is 17.5 Å². The van der Waals surface area contributed by atoms with Gasteiger partial charge in [0, 0.05) is 24.4 Å². The van der Waals surface area contributed by atoms with Crippen molar-refractivity contribution in [3.05, 3.63) is 22.4 Å². The Bertz CT molecular complexity index is 348. The molecule has 1 amide bonds. The molecule has 0 fully saturated rings. The first-order chi connectivity index (χ1) is 7.02. The molecule has 15 heavy (non-hydrogen) atoms. The number of carbonyl (C=O) groups excluding carboxylic acids is 1. The fourth-order valence-electron chi connectivity index (χ4n) is 1.21. The topological polar surface area (TPSA) is 57.6 Å². The molecule has 1 aromatic rings. The molecular weight excluding hydrogens is 214 g/mol. The molecule has 0 aliphatic carbocycles. The summed E-state index contributed by atoms with van der Waals surface area (Å²) < 4.78 is 0. The minimum atomic E-state index is -1.41. The Morgan fingerprint density at radius 1 is 1.60 bits per heavy atom. The maximum Gasteiger partial charge on any atom is 0.394 e. The summed E-state index contributed by atoms with van der Waals surface area (Å²) in [4.78, 5) is 24.0. The van der Waals surface area contributed by atoms with Crippen LogP contribution in [0.1, 0.15) is 11.8 Å². The Balaban J connectivity index is 2.57. The molecule has 0 aromatic carbocycles. The highest BCUT2D eigenvalue weighted by atomic mass is 32.1. The van der Waals surface area contributed by atoms with Gasteiger partial charge in [0.1, 0.15) is 0 Å². The quantitative estimate of drug-likeness (QED) is 0.790. The van der Waals surface area contributed by atoms with Crippen molar-refractivity contribution >= 4 is 23.2 Å². The second kappa shape index (κ2) is 4.93. The van der Waals surface area contributed by atoms with Gasteiger partial charge in [-0.05, 0) is 18.4 Å². The van der Waals surface area contributed by atoms with Gasteiger partial charge in [-0.25, -0.2) is 4.79 Å². The number of carboxylic acids is 1. The fourth-order valence-corrected chi connectivity index (χ4v) is 2.03. The van der Waals surface area contributed by atoms with Crippen LogP contribution in [-0.2, 0) is 16.0 Å². The van der Waals surface area contributed by atoms with Gasteiger partial charge in [-0.3, -0.25) is 4.79 Å². The SMILES string of the molecule is CC(Cc1cccs1)N(C)C(=O)C(=O)O. The summed E-state index contributed by atoms with van der Waals surface area (Å²) in [5.41, 5.74) is 0. The molecule has 1 aromatic heterocycles. The van der Waals surface area contributed by atoms with E-state index < -0.39 is 11.9 Å². The zero-order chi connectivity index (χ0) is 11.4. The molecule has 0 spiro atoms. The van der Waals surface area contributed by atoms with Crippen LogP contribution >= 0.6 is 11.3 Å². The first-order valence-corrected chi connectivity index (χ1v) is 5.42. The van der Waals surface area contributed by atoms with Gasteiger partial charge in [0.05, 0.1) is 0 Å². The molecule has 0 saturated carbocycles. The molecule has 4 nitrogen and oxygen atoms in total. The summed E-state index contributed by atoms with van der Waals surface area (Å²) in [5.74, 6) is -2.27. The first-order valence-electron chi connectivity index (χ1n) is 4.55. The normalized spacial score (nSPS) is 12.1. The lowest BCUT2D eigenvalue weighted by atomic mass is 10.2. The Hall–Kier alpha value is -1.36. The van der Waals surface area contributed by atoms with Crippen LogP contribution in [0.4, 0.5) is 0 Å². The molecule has 1 rings (SSSR count). The van der Waals surface area contributed by atoms with Crippen molar-refractivity contribution in [2.24, 2.45) is 0 Å². The molecule has 82 valence electrons. The Morgan fingerprint density at radius 3 is 2.73 bits per heavy atom. The fraction of sp³-hybridized carbons (Fsp3) is 0.400. The van der Waals surface area contributed by atoms with E-state index >= 15 is 0 Å². The van der Waals surface area contributed by atoms with E-state index in [1.165, 1.54) is 11.9 Å². The van der Waals surface area contributed by atoms with Crippen LogP contribution in [0.3, 0.4) is 0 Å². The molecule has 1 N–H and O–H groups in total. The smallest absolute Gasteiger partial charge is 0.394 e. The van der Waals surface area contributed by atoms with Gasteiger partial charge in [-0.15, -0.1) is 11.3 Å². The van der Waals surface area contributed by atoms with Crippen molar-refractivity contribution < 1.29 is 14.7 Å². The molecule has 1 unspecified atom stereocenters. The molecule has 0 aliphatic rings. The number of hydrogen-bond acceptors (Lipinski definition) is 3. The van der Waals surface area contributed by atoms with Crippen molar-refractivity contribution in [2.45, 2.75) is 19.4 Å². The number of hydrogen-bond donors (Lipinski definition) is 1. The summed E-state index contributed by atoms with van der Waals surface area (Å²) in [7, 11) is 1.51. The van der Waals surface area contributed by atoms with Crippen LogP contribution in [0.5, 0.6) is 0 Å². The third kappa shape index (κ3) is 3.06. The highest BCUT2D eigenvalue weighted by Gasteiger charge is 2.21. The van der Waals surface area contributed by atoms with Gasteiger partial charge in [-0.1, -0.05) is 6.07 Å². The van der Waals surface area contributed by atoms with Crippen LogP contribution in [0, 0.1) is 0 Å². The van der Waals surface area contributed by atoms with E-state index in [2.05, 4.69) is 0 Å². The van der Waals surface area contributed by atoms with E-state index in [0.717, 1.165) is 4.88 Å². The molecule has 0 saturated heterocycles. The van der Waals surface area contributed by atoms with Crippen molar-refractivity contribution in [1.29, 1.82) is 0 Å². The second-order valence-corrected chi connectivity index (χ2v) is 4.39. The van der Waals surface area contributed by atoms with Gasteiger partial charge in [0.2, 0.25) is 0 Å². The largest absolute Gasteiger partial charge is 0.474 e. The maximum atomic E-state index is 11.1. The number of thiophene rings is 1. The molecule has 0 bridgehead atoms. The van der Waals surface area contributed by atoms with Gasteiger partial charge >= 0.3 is 11.9 Å². The third-order valence-corrected chi connectivity index (χ3v) is 3.14. The van der Waals surface area contributed by atoms with E-state index in [1.54, 1.807) is 11.3 Å². The van der Waals surface area contributed by atoms with Crippen LogP contribution in [0.2, 0.25) is 0 Å². The van der Waals surface area contributed by atoms with E-state index in [-0.39, 0.29) is 6.04 Å². The predicted octanol–water partition coefficient (Wildman–Crippen LogP) is 1.22. The van der Waals surface area contributed by atoms with E-state index in [4.69, 9.17) is 5.11 Å². The highest BCUT2D eigenvalue weighted by molar-refractivity contribution is 7.09. The van der Waals surface area contributed by atoms with E-state index in [1.807, 2.05) is 24.4 Å². The zero-order valence-corrected chi connectivity index (χ0v) is 9.45. The molecule has 0 aliphatic heterocycles. The summed E-state index contributed by atoms with van der Waals surface area (Å²) >= 11 is 1.60. The average Bonchev–Trinajstić information content (AvgIpc) is 2.67. The second-order valence-electron chi connectivity index (χ2n) is 3.35. The lowest BCUT2D eigenvalue weighted by Gasteiger charge is -2.22. The van der Waals surface area contributed by atoms with Crippen LogP contribution < -0.4 is 0 Å². The standard InChI is InChI=1S/C10H13NO3S/c1-7(6-8-4-3-5-15-8)11(2)9(12)10(13)14/h3-5,7H,6H2,1-2H3,(H,13,14). The Morgan fingerprint density at radius 2 is 2.27 bits per heavy atom. The number of amides is 1. The number of likely N-dealkylation sites (N-methyl/N-ethyl adjacent to an activating group) is 1. The number of aliphatic carboxylic acids is 1. The van der Waals surface area contributed by atoms with Crippen LogP contribution in [-0.4, -0.2) is 35.0 Å². The summed E-state index contributed by atoms with van der Waals surface area (Å²) in [6.07, 6.45) is 0.688. The van der Waals surface area contributed by atoms with Crippen LogP contribution in [0.25, 0.3) is 0 Å². The molecule has 1 heterocycles. The molecule has 1 atom stereocenters.